The van der Waals surface area contributed by atoms with E-state index in [-0.39, 0.29) is 24.0 Å². The first kappa shape index (κ1) is 21.1. The maximum absolute atomic E-state index is 13.3. The first-order valence-electron chi connectivity index (χ1n) is 11.3. The molecule has 4 aromatic rings. The average Bonchev–Trinajstić information content (AvgIpc) is 3.27. The van der Waals surface area contributed by atoms with Crippen LogP contribution in [-0.4, -0.2) is 51.2 Å². The predicted molar refractivity (Wildman–Crippen MR) is 123 cm³/mol. The van der Waals surface area contributed by atoms with Crippen LogP contribution in [0.4, 0.5) is 10.1 Å². The van der Waals surface area contributed by atoms with Crippen molar-refractivity contribution in [3.63, 3.8) is 0 Å². The fourth-order valence-corrected chi connectivity index (χ4v) is 4.44. The SMILES string of the molecule is CCCc1nn2c(=O)n(CC(=O)N3CCN(c4ccc(F)cc4)CC3)c3ccccc3c2[nH+]1. The lowest BCUT2D eigenvalue weighted by Gasteiger charge is -2.36. The molecule has 1 aliphatic rings. The van der Waals surface area contributed by atoms with Crippen molar-refractivity contribution in [2.24, 2.45) is 0 Å². The summed E-state index contributed by atoms with van der Waals surface area (Å²) in [6.07, 6.45) is 1.65. The lowest BCUT2D eigenvalue weighted by Crippen LogP contribution is -2.50. The number of piperazine rings is 1. The smallest absolute Gasteiger partial charge is 0.368 e. The third-order valence-electron chi connectivity index (χ3n) is 6.16. The van der Waals surface area contributed by atoms with Gasteiger partial charge in [-0.2, -0.15) is 0 Å². The molecular formula is C24H26FN6O2+. The van der Waals surface area contributed by atoms with Crippen LogP contribution in [-0.2, 0) is 17.8 Å². The van der Waals surface area contributed by atoms with Crippen molar-refractivity contribution in [3.05, 3.63) is 70.7 Å². The van der Waals surface area contributed by atoms with Crippen LogP contribution in [0.15, 0.2) is 53.3 Å². The Kier molecular flexibility index (Phi) is 5.53. The Morgan fingerprint density at radius 1 is 1.06 bits per heavy atom. The van der Waals surface area contributed by atoms with Gasteiger partial charge in [0, 0.05) is 38.3 Å². The Labute approximate surface area is 189 Å². The molecule has 0 spiro atoms. The van der Waals surface area contributed by atoms with E-state index in [9.17, 15) is 14.0 Å². The quantitative estimate of drug-likeness (QED) is 0.466. The number of rotatable bonds is 5. The number of carbonyl (C=O) groups excluding carboxylic acids is 1. The fraction of sp³-hybridized carbons (Fsp3) is 0.333. The van der Waals surface area contributed by atoms with Gasteiger partial charge in [0.05, 0.1) is 16.0 Å². The minimum absolute atomic E-state index is 0.0468. The van der Waals surface area contributed by atoms with Gasteiger partial charge in [0.1, 0.15) is 12.4 Å². The summed E-state index contributed by atoms with van der Waals surface area (Å²) in [6.45, 7) is 4.40. The fourth-order valence-electron chi connectivity index (χ4n) is 4.44. The van der Waals surface area contributed by atoms with Crippen LogP contribution in [0.2, 0.25) is 0 Å². The minimum Gasteiger partial charge on any atom is -0.368 e. The molecular weight excluding hydrogens is 423 g/mol. The van der Waals surface area contributed by atoms with Crippen molar-refractivity contribution in [1.82, 2.24) is 19.1 Å². The molecule has 3 heterocycles. The number of nitrogens with zero attached hydrogens (tertiary/aromatic N) is 5. The maximum Gasteiger partial charge on any atom is 0.424 e. The lowest BCUT2D eigenvalue weighted by molar-refractivity contribution is -0.358. The molecule has 0 saturated carbocycles. The third kappa shape index (κ3) is 3.94. The molecule has 0 bridgehead atoms. The van der Waals surface area contributed by atoms with Gasteiger partial charge in [-0.05, 0) is 47.3 Å². The van der Waals surface area contributed by atoms with Gasteiger partial charge in [-0.15, -0.1) is 0 Å². The van der Waals surface area contributed by atoms with Crippen molar-refractivity contribution in [1.29, 1.82) is 0 Å². The first-order valence-corrected chi connectivity index (χ1v) is 11.3. The number of halogens is 1. The molecule has 1 saturated heterocycles. The van der Waals surface area contributed by atoms with Gasteiger partial charge in [0.2, 0.25) is 5.91 Å². The van der Waals surface area contributed by atoms with E-state index in [4.69, 9.17) is 0 Å². The molecule has 0 radical (unpaired) electrons. The van der Waals surface area contributed by atoms with Gasteiger partial charge in [-0.25, -0.2) is 14.2 Å². The second-order valence-corrected chi connectivity index (χ2v) is 8.31. The molecule has 9 heteroatoms. The molecule has 1 aliphatic heterocycles. The Balaban J connectivity index is 1.39. The van der Waals surface area contributed by atoms with Crippen LogP contribution in [0.25, 0.3) is 16.6 Å². The highest BCUT2D eigenvalue weighted by Gasteiger charge is 2.25. The number of H-pyrrole nitrogens is 1. The number of aryl methyl sites for hydroxylation is 1. The minimum atomic E-state index is -0.333. The third-order valence-corrected chi connectivity index (χ3v) is 6.16. The highest BCUT2D eigenvalue weighted by molar-refractivity contribution is 5.90. The first-order chi connectivity index (χ1) is 16.0. The monoisotopic (exact) mass is 449 g/mol. The van der Waals surface area contributed by atoms with Crippen LogP contribution in [0.3, 0.4) is 0 Å². The number of nitrogens with one attached hydrogen (secondary N) is 1. The Morgan fingerprint density at radius 3 is 2.52 bits per heavy atom. The normalized spacial score (nSPS) is 14.4. The average molecular weight is 450 g/mol. The van der Waals surface area contributed by atoms with Gasteiger partial charge >= 0.3 is 5.69 Å². The summed E-state index contributed by atoms with van der Waals surface area (Å²) in [6, 6.07) is 14.0. The van der Waals surface area contributed by atoms with Crippen molar-refractivity contribution in [3.8, 4) is 0 Å². The van der Waals surface area contributed by atoms with Gasteiger partial charge in [0.25, 0.3) is 11.5 Å². The zero-order valence-corrected chi connectivity index (χ0v) is 18.5. The number of carbonyl (C=O) groups is 1. The standard InChI is InChI=1S/C24H25FN6O2/c1-2-5-21-26-23-19-6-3-4-7-20(19)30(24(33)31(23)27-21)16-22(32)29-14-12-28(13-15-29)18-10-8-17(25)9-11-18/h3-4,6-11H,2,5,12-16H2,1H3/p+1. The number of aromatic amines is 1. The second-order valence-electron chi connectivity index (χ2n) is 8.31. The van der Waals surface area contributed by atoms with E-state index in [1.165, 1.54) is 21.2 Å². The van der Waals surface area contributed by atoms with Crippen molar-refractivity contribution < 1.29 is 14.2 Å². The number of benzene rings is 2. The maximum atomic E-state index is 13.3. The van der Waals surface area contributed by atoms with E-state index in [0.717, 1.165) is 29.7 Å². The van der Waals surface area contributed by atoms with Crippen LogP contribution in [0.1, 0.15) is 19.2 Å². The number of hydrogen-bond acceptors (Lipinski definition) is 4. The van der Waals surface area contributed by atoms with E-state index in [1.807, 2.05) is 24.3 Å². The summed E-state index contributed by atoms with van der Waals surface area (Å²) < 4.78 is 16.1. The van der Waals surface area contributed by atoms with E-state index < -0.39 is 0 Å². The highest BCUT2D eigenvalue weighted by Crippen LogP contribution is 2.18. The van der Waals surface area contributed by atoms with Crippen LogP contribution in [0, 0.1) is 5.82 Å². The molecule has 5 rings (SSSR count). The molecule has 0 atom stereocenters. The summed E-state index contributed by atoms with van der Waals surface area (Å²) in [7, 11) is 0. The summed E-state index contributed by atoms with van der Waals surface area (Å²) >= 11 is 0. The molecule has 170 valence electrons. The molecule has 8 nitrogen and oxygen atoms in total. The van der Waals surface area contributed by atoms with Gasteiger partial charge in [0.15, 0.2) is 0 Å². The summed E-state index contributed by atoms with van der Waals surface area (Å²) in [4.78, 5) is 33.6. The Hall–Kier alpha value is -3.75. The van der Waals surface area contributed by atoms with Gasteiger partial charge in [-0.3, -0.25) is 9.36 Å². The molecule has 0 unspecified atom stereocenters. The van der Waals surface area contributed by atoms with Gasteiger partial charge in [-0.1, -0.05) is 19.1 Å². The molecule has 2 aromatic heterocycles. The molecule has 1 N–H and O–H groups in total. The number of fused-ring (bicyclic) bond motifs is 3. The largest absolute Gasteiger partial charge is 0.424 e. The lowest BCUT2D eigenvalue weighted by atomic mass is 10.2. The zero-order valence-electron chi connectivity index (χ0n) is 18.5. The van der Waals surface area contributed by atoms with Crippen molar-refractivity contribution >= 4 is 28.1 Å². The van der Waals surface area contributed by atoms with Crippen molar-refractivity contribution in [2.75, 3.05) is 31.1 Å². The Bertz CT molecular complexity index is 1370. The number of para-hydroxylation sites is 1. The summed E-state index contributed by atoms with van der Waals surface area (Å²) in [5.41, 5.74) is 1.96. The van der Waals surface area contributed by atoms with Crippen LogP contribution >= 0.6 is 0 Å². The predicted octanol–water partition coefficient (Wildman–Crippen LogP) is 1.90. The van der Waals surface area contributed by atoms with E-state index in [2.05, 4.69) is 21.9 Å². The van der Waals surface area contributed by atoms with E-state index in [0.29, 0.717) is 37.3 Å². The number of anilines is 1. The van der Waals surface area contributed by atoms with Gasteiger partial charge < -0.3 is 9.80 Å². The molecule has 1 fully saturated rings. The molecule has 1 amide bonds. The van der Waals surface area contributed by atoms with Crippen LogP contribution < -0.4 is 15.6 Å². The molecule has 0 aliphatic carbocycles. The number of amides is 1. The summed E-state index contributed by atoms with van der Waals surface area (Å²) in [5, 5.41) is 5.30. The zero-order chi connectivity index (χ0) is 22.9. The number of aromatic nitrogens is 4. The topological polar surface area (TPSA) is 77.0 Å². The molecule has 2 aromatic carbocycles. The second kappa shape index (κ2) is 8.65. The van der Waals surface area contributed by atoms with E-state index in [1.54, 1.807) is 17.0 Å². The summed E-state index contributed by atoms with van der Waals surface area (Å²) in [5.74, 6) is 0.379. The van der Waals surface area contributed by atoms with Crippen LogP contribution in [0.5, 0.6) is 0 Å². The van der Waals surface area contributed by atoms with E-state index >= 15 is 0 Å². The Morgan fingerprint density at radius 2 is 1.79 bits per heavy atom. The van der Waals surface area contributed by atoms with Crippen molar-refractivity contribution in [2.45, 2.75) is 26.3 Å². The number of hydrogen-bond donors (Lipinski definition) is 0. The highest BCUT2D eigenvalue weighted by atomic mass is 19.1. The molecule has 33 heavy (non-hydrogen) atoms.